The molecule has 0 spiro atoms. The highest BCUT2D eigenvalue weighted by molar-refractivity contribution is 5.45. The largest absolute Gasteiger partial charge is 0.491 e. The molecule has 0 bridgehead atoms. The third kappa shape index (κ3) is 2.85. The molecule has 18 heavy (non-hydrogen) atoms. The Bertz CT molecular complexity index is 392. The monoisotopic (exact) mass is 249 g/mol. The van der Waals surface area contributed by atoms with Crippen LogP contribution in [0.25, 0.3) is 0 Å². The summed E-state index contributed by atoms with van der Waals surface area (Å²) >= 11 is 0. The molecule has 0 aromatic heterocycles. The highest BCUT2D eigenvalue weighted by atomic mass is 16.5. The molecule has 0 aliphatic heterocycles. The Labute approximate surface area is 109 Å². The van der Waals surface area contributed by atoms with E-state index in [1.807, 2.05) is 19.1 Å². The van der Waals surface area contributed by atoms with E-state index in [0.29, 0.717) is 12.6 Å². The van der Waals surface area contributed by atoms with E-state index in [0.717, 1.165) is 31.6 Å². The first kappa shape index (κ1) is 13.4. The molecule has 0 saturated carbocycles. The molecular formula is C15H23NO2. The summed E-state index contributed by atoms with van der Waals surface area (Å²) in [4.78, 5) is 0. The van der Waals surface area contributed by atoms with E-state index >= 15 is 0 Å². The van der Waals surface area contributed by atoms with Crippen molar-refractivity contribution in [3.8, 4) is 5.75 Å². The number of rotatable bonds is 6. The number of nitrogens with one attached hydrogen (secondary N) is 1. The van der Waals surface area contributed by atoms with Gasteiger partial charge in [-0.1, -0.05) is 26.0 Å². The smallest absolute Gasteiger partial charge is 0.122 e. The molecule has 1 aliphatic rings. The minimum Gasteiger partial charge on any atom is -0.491 e. The standard InChI is InChI=1S/C15H23NO2/c1-3-11(17)10-18-15-7-5-6-12-13(15)8-9-14(12)16-4-2/h5-7,11,14,16-17H,3-4,8-10H2,1-2H3. The molecule has 2 rings (SSSR count). The molecule has 2 atom stereocenters. The van der Waals surface area contributed by atoms with Gasteiger partial charge in [-0.05, 0) is 43.0 Å². The van der Waals surface area contributed by atoms with Gasteiger partial charge in [0.25, 0.3) is 0 Å². The number of hydrogen-bond acceptors (Lipinski definition) is 3. The Morgan fingerprint density at radius 1 is 1.44 bits per heavy atom. The summed E-state index contributed by atoms with van der Waals surface area (Å²) in [5, 5.41) is 13.1. The fourth-order valence-corrected chi connectivity index (χ4v) is 2.52. The topological polar surface area (TPSA) is 41.5 Å². The third-order valence-electron chi connectivity index (χ3n) is 3.58. The summed E-state index contributed by atoms with van der Waals surface area (Å²) in [6.07, 6.45) is 2.56. The highest BCUT2D eigenvalue weighted by Crippen LogP contribution is 2.36. The summed E-state index contributed by atoms with van der Waals surface area (Å²) in [6.45, 7) is 5.48. The molecule has 1 aromatic rings. The van der Waals surface area contributed by atoms with E-state index in [1.54, 1.807) is 0 Å². The van der Waals surface area contributed by atoms with Gasteiger partial charge in [0.2, 0.25) is 0 Å². The zero-order chi connectivity index (χ0) is 13.0. The lowest BCUT2D eigenvalue weighted by atomic mass is 10.1. The summed E-state index contributed by atoms with van der Waals surface area (Å²) < 4.78 is 5.75. The van der Waals surface area contributed by atoms with Gasteiger partial charge in [-0.15, -0.1) is 0 Å². The van der Waals surface area contributed by atoms with E-state index in [1.165, 1.54) is 11.1 Å². The molecular weight excluding hydrogens is 226 g/mol. The number of hydrogen-bond donors (Lipinski definition) is 2. The minimum atomic E-state index is -0.369. The van der Waals surface area contributed by atoms with Crippen LogP contribution in [-0.4, -0.2) is 24.4 Å². The molecule has 1 aromatic carbocycles. The van der Waals surface area contributed by atoms with Crippen molar-refractivity contribution in [3.63, 3.8) is 0 Å². The fourth-order valence-electron chi connectivity index (χ4n) is 2.52. The number of benzene rings is 1. The van der Waals surface area contributed by atoms with Crippen molar-refractivity contribution in [2.45, 2.75) is 45.3 Å². The Morgan fingerprint density at radius 2 is 2.28 bits per heavy atom. The van der Waals surface area contributed by atoms with Gasteiger partial charge < -0.3 is 15.2 Å². The number of ether oxygens (including phenoxy) is 1. The van der Waals surface area contributed by atoms with Gasteiger partial charge in [0.05, 0.1) is 6.10 Å². The van der Waals surface area contributed by atoms with Crippen LogP contribution in [0.3, 0.4) is 0 Å². The summed E-state index contributed by atoms with van der Waals surface area (Å²) in [6, 6.07) is 6.70. The maximum atomic E-state index is 9.57. The Hall–Kier alpha value is -1.06. The van der Waals surface area contributed by atoms with Crippen LogP contribution >= 0.6 is 0 Å². The van der Waals surface area contributed by atoms with Crippen LogP contribution < -0.4 is 10.1 Å². The van der Waals surface area contributed by atoms with Crippen molar-refractivity contribution in [2.75, 3.05) is 13.2 Å². The zero-order valence-corrected chi connectivity index (χ0v) is 11.3. The zero-order valence-electron chi connectivity index (χ0n) is 11.3. The lowest BCUT2D eigenvalue weighted by Crippen LogP contribution is -2.18. The quantitative estimate of drug-likeness (QED) is 0.813. The maximum Gasteiger partial charge on any atom is 0.122 e. The van der Waals surface area contributed by atoms with Crippen LogP contribution in [0, 0.1) is 0 Å². The van der Waals surface area contributed by atoms with Crippen molar-refractivity contribution in [1.29, 1.82) is 0 Å². The number of fused-ring (bicyclic) bond motifs is 1. The number of aliphatic hydroxyl groups excluding tert-OH is 1. The normalized spacial score (nSPS) is 19.6. The van der Waals surface area contributed by atoms with Gasteiger partial charge in [-0.2, -0.15) is 0 Å². The second-order valence-electron chi connectivity index (χ2n) is 4.85. The minimum absolute atomic E-state index is 0.369. The van der Waals surface area contributed by atoms with E-state index in [9.17, 15) is 5.11 Å². The van der Waals surface area contributed by atoms with Crippen LogP contribution in [0.5, 0.6) is 5.75 Å². The van der Waals surface area contributed by atoms with Crippen molar-refractivity contribution in [2.24, 2.45) is 0 Å². The van der Waals surface area contributed by atoms with Crippen molar-refractivity contribution in [1.82, 2.24) is 5.32 Å². The van der Waals surface area contributed by atoms with Crippen LogP contribution in [-0.2, 0) is 6.42 Å². The third-order valence-corrected chi connectivity index (χ3v) is 3.58. The molecule has 3 heteroatoms. The summed E-state index contributed by atoms with van der Waals surface area (Å²) in [7, 11) is 0. The highest BCUT2D eigenvalue weighted by Gasteiger charge is 2.24. The van der Waals surface area contributed by atoms with Crippen LogP contribution in [0.4, 0.5) is 0 Å². The van der Waals surface area contributed by atoms with Crippen LogP contribution in [0.2, 0.25) is 0 Å². The first-order valence-electron chi connectivity index (χ1n) is 6.92. The van der Waals surface area contributed by atoms with Crippen LogP contribution in [0.1, 0.15) is 43.9 Å². The van der Waals surface area contributed by atoms with Gasteiger partial charge in [0.1, 0.15) is 12.4 Å². The molecule has 0 heterocycles. The second-order valence-corrected chi connectivity index (χ2v) is 4.85. The molecule has 2 N–H and O–H groups in total. The molecule has 0 fully saturated rings. The van der Waals surface area contributed by atoms with E-state index in [-0.39, 0.29) is 6.10 Å². The predicted molar refractivity (Wildman–Crippen MR) is 73.0 cm³/mol. The SMILES string of the molecule is CCNC1CCc2c(OCC(O)CC)cccc21. The molecule has 0 radical (unpaired) electrons. The average molecular weight is 249 g/mol. The Kier molecular flexibility index (Phi) is 4.61. The first-order valence-corrected chi connectivity index (χ1v) is 6.92. The fraction of sp³-hybridized carbons (Fsp3) is 0.600. The summed E-state index contributed by atoms with van der Waals surface area (Å²) in [5.41, 5.74) is 2.67. The van der Waals surface area contributed by atoms with Crippen molar-refractivity contribution < 1.29 is 9.84 Å². The Morgan fingerprint density at radius 3 is 3.00 bits per heavy atom. The molecule has 0 amide bonds. The molecule has 3 nitrogen and oxygen atoms in total. The van der Waals surface area contributed by atoms with Gasteiger partial charge in [-0.25, -0.2) is 0 Å². The Balaban J connectivity index is 2.09. The number of aliphatic hydroxyl groups is 1. The van der Waals surface area contributed by atoms with E-state index in [4.69, 9.17) is 4.74 Å². The molecule has 2 unspecified atom stereocenters. The predicted octanol–water partition coefficient (Wildman–Crippen LogP) is 2.43. The second kappa shape index (κ2) is 6.21. The van der Waals surface area contributed by atoms with Crippen molar-refractivity contribution >= 4 is 0 Å². The summed E-state index contributed by atoms with van der Waals surface area (Å²) in [5.74, 6) is 0.945. The molecule has 0 saturated heterocycles. The van der Waals surface area contributed by atoms with Crippen LogP contribution in [0.15, 0.2) is 18.2 Å². The first-order chi connectivity index (χ1) is 8.76. The van der Waals surface area contributed by atoms with Gasteiger partial charge in [0, 0.05) is 6.04 Å². The molecule has 1 aliphatic carbocycles. The lowest BCUT2D eigenvalue weighted by Gasteiger charge is -2.15. The van der Waals surface area contributed by atoms with Gasteiger partial charge in [0.15, 0.2) is 0 Å². The van der Waals surface area contributed by atoms with Gasteiger partial charge >= 0.3 is 0 Å². The van der Waals surface area contributed by atoms with E-state index < -0.39 is 0 Å². The van der Waals surface area contributed by atoms with E-state index in [2.05, 4.69) is 18.3 Å². The van der Waals surface area contributed by atoms with Crippen molar-refractivity contribution in [3.05, 3.63) is 29.3 Å². The molecule has 100 valence electrons. The maximum absolute atomic E-state index is 9.57. The van der Waals surface area contributed by atoms with Gasteiger partial charge in [-0.3, -0.25) is 0 Å². The average Bonchev–Trinajstić information content (AvgIpc) is 2.80. The lowest BCUT2D eigenvalue weighted by molar-refractivity contribution is 0.104.